The van der Waals surface area contributed by atoms with Crippen molar-refractivity contribution in [1.82, 2.24) is 0 Å². The minimum Gasteiger partial charge on any atom is -0.392 e. The van der Waals surface area contributed by atoms with Crippen LogP contribution in [-0.4, -0.2) is 5.11 Å². The van der Waals surface area contributed by atoms with E-state index < -0.39 is 24.2 Å². The lowest BCUT2D eigenvalue weighted by molar-refractivity contribution is -0.137. The second kappa shape index (κ2) is 3.57. The van der Waals surface area contributed by atoms with E-state index in [4.69, 9.17) is 5.11 Å². The molecule has 0 atom stereocenters. The summed E-state index contributed by atoms with van der Waals surface area (Å²) in [5.41, 5.74) is -1.40. The lowest BCUT2D eigenvalue weighted by atomic mass is 10.1. The van der Waals surface area contributed by atoms with Gasteiger partial charge in [-0.25, -0.2) is 4.39 Å². The zero-order chi connectivity index (χ0) is 10.9. The van der Waals surface area contributed by atoms with E-state index in [-0.39, 0.29) is 11.1 Å². The zero-order valence-corrected chi connectivity index (χ0v) is 7.32. The Bertz CT molecular complexity index is 343. The number of alkyl halides is 3. The monoisotopic (exact) mass is 208 g/mol. The van der Waals surface area contributed by atoms with Gasteiger partial charge in [-0.15, -0.1) is 0 Å². The summed E-state index contributed by atoms with van der Waals surface area (Å²) in [6.45, 7) is 0.486. The van der Waals surface area contributed by atoms with Crippen LogP contribution in [-0.2, 0) is 12.8 Å². The Balaban J connectivity index is 3.30. The molecule has 1 nitrogen and oxygen atoms in total. The van der Waals surface area contributed by atoms with E-state index in [0.717, 1.165) is 0 Å². The first-order valence-electron chi connectivity index (χ1n) is 3.83. The average Bonchev–Trinajstić information content (AvgIpc) is 2.07. The summed E-state index contributed by atoms with van der Waals surface area (Å²) in [5, 5.41) is 8.63. The Morgan fingerprint density at radius 3 is 2.29 bits per heavy atom. The summed E-state index contributed by atoms with van der Waals surface area (Å²) in [6.07, 6.45) is -4.51. The van der Waals surface area contributed by atoms with Crippen molar-refractivity contribution >= 4 is 0 Å². The van der Waals surface area contributed by atoms with Gasteiger partial charge in [0.1, 0.15) is 5.82 Å². The maximum absolute atomic E-state index is 13.0. The van der Waals surface area contributed by atoms with Gasteiger partial charge in [0, 0.05) is 5.56 Å². The summed E-state index contributed by atoms with van der Waals surface area (Å²) in [7, 11) is 0. The lowest BCUT2D eigenvalue weighted by Gasteiger charge is -2.10. The van der Waals surface area contributed by atoms with Crippen molar-refractivity contribution in [2.24, 2.45) is 0 Å². The second-order valence-electron chi connectivity index (χ2n) is 2.92. The van der Waals surface area contributed by atoms with Crippen LogP contribution in [0.4, 0.5) is 17.6 Å². The fraction of sp³-hybridized carbons (Fsp3) is 0.333. The van der Waals surface area contributed by atoms with Gasteiger partial charge in [-0.05, 0) is 24.6 Å². The lowest BCUT2D eigenvalue weighted by Crippen LogP contribution is -2.08. The van der Waals surface area contributed by atoms with Gasteiger partial charge in [-0.3, -0.25) is 0 Å². The number of hydrogen-bond acceptors (Lipinski definition) is 1. The Morgan fingerprint density at radius 2 is 1.86 bits per heavy atom. The molecule has 1 rings (SSSR count). The molecular formula is C9H8F4O. The standard InChI is InChI=1S/C9H8F4O/c1-5-2-7(9(11,12)13)3-6(4-14)8(5)10/h2-3,14H,4H2,1H3. The van der Waals surface area contributed by atoms with Crippen molar-refractivity contribution in [3.63, 3.8) is 0 Å². The van der Waals surface area contributed by atoms with Crippen LogP contribution >= 0.6 is 0 Å². The predicted octanol–water partition coefficient (Wildman–Crippen LogP) is 2.65. The largest absolute Gasteiger partial charge is 0.416 e. The molecule has 0 saturated carbocycles. The molecule has 0 aliphatic carbocycles. The first kappa shape index (κ1) is 11.0. The van der Waals surface area contributed by atoms with Crippen molar-refractivity contribution in [2.45, 2.75) is 19.7 Å². The first-order valence-corrected chi connectivity index (χ1v) is 3.83. The first-order chi connectivity index (χ1) is 6.36. The molecule has 5 heteroatoms. The molecule has 78 valence electrons. The predicted molar refractivity (Wildman–Crippen MR) is 42.1 cm³/mol. The number of aryl methyl sites for hydroxylation is 1. The fourth-order valence-corrected chi connectivity index (χ4v) is 1.12. The van der Waals surface area contributed by atoms with E-state index in [0.29, 0.717) is 12.1 Å². The van der Waals surface area contributed by atoms with Crippen LogP contribution < -0.4 is 0 Å². The number of halogens is 4. The minimum atomic E-state index is -4.51. The zero-order valence-electron chi connectivity index (χ0n) is 7.32. The Kier molecular flexibility index (Phi) is 2.80. The molecule has 0 radical (unpaired) electrons. The van der Waals surface area contributed by atoms with Crippen LogP contribution in [0.5, 0.6) is 0 Å². The van der Waals surface area contributed by atoms with Crippen LogP contribution in [0, 0.1) is 12.7 Å². The van der Waals surface area contributed by atoms with Crippen molar-refractivity contribution in [3.8, 4) is 0 Å². The molecule has 0 aliphatic rings. The maximum atomic E-state index is 13.0. The number of hydrogen-bond donors (Lipinski definition) is 1. The summed E-state index contributed by atoms with van der Waals surface area (Å²) in [4.78, 5) is 0. The number of benzene rings is 1. The van der Waals surface area contributed by atoms with Crippen LogP contribution in [0.2, 0.25) is 0 Å². The van der Waals surface area contributed by atoms with E-state index in [9.17, 15) is 17.6 Å². The fourth-order valence-electron chi connectivity index (χ4n) is 1.12. The molecule has 0 aromatic heterocycles. The molecular weight excluding hydrogens is 200 g/mol. The number of aliphatic hydroxyl groups is 1. The molecule has 1 aromatic carbocycles. The van der Waals surface area contributed by atoms with E-state index >= 15 is 0 Å². The number of rotatable bonds is 1. The molecule has 0 fully saturated rings. The van der Waals surface area contributed by atoms with Gasteiger partial charge >= 0.3 is 6.18 Å². The molecule has 1 N–H and O–H groups in total. The molecule has 0 heterocycles. The average molecular weight is 208 g/mol. The highest BCUT2D eigenvalue weighted by Gasteiger charge is 2.31. The normalized spacial score (nSPS) is 11.9. The molecule has 14 heavy (non-hydrogen) atoms. The van der Waals surface area contributed by atoms with Crippen LogP contribution in [0.1, 0.15) is 16.7 Å². The Labute approximate surface area is 78.0 Å². The van der Waals surface area contributed by atoms with Crippen LogP contribution in [0.25, 0.3) is 0 Å². The molecule has 1 aromatic rings. The number of aliphatic hydroxyl groups excluding tert-OH is 1. The van der Waals surface area contributed by atoms with Crippen LogP contribution in [0.3, 0.4) is 0 Å². The van der Waals surface area contributed by atoms with E-state index in [1.54, 1.807) is 0 Å². The third kappa shape index (κ3) is 2.04. The summed E-state index contributed by atoms with van der Waals surface area (Å²) >= 11 is 0. The summed E-state index contributed by atoms with van der Waals surface area (Å²) in [5.74, 6) is -0.791. The van der Waals surface area contributed by atoms with Crippen molar-refractivity contribution < 1.29 is 22.7 Å². The van der Waals surface area contributed by atoms with Gasteiger partial charge in [0.25, 0.3) is 0 Å². The van der Waals surface area contributed by atoms with E-state index in [2.05, 4.69) is 0 Å². The van der Waals surface area contributed by atoms with Crippen molar-refractivity contribution in [2.75, 3.05) is 0 Å². The van der Waals surface area contributed by atoms with E-state index in [1.807, 2.05) is 0 Å². The topological polar surface area (TPSA) is 20.2 Å². The molecule has 0 saturated heterocycles. The van der Waals surface area contributed by atoms with Gasteiger partial charge in [0.2, 0.25) is 0 Å². The minimum absolute atomic E-state index is 0.121. The van der Waals surface area contributed by atoms with Crippen molar-refractivity contribution in [1.29, 1.82) is 0 Å². The SMILES string of the molecule is Cc1cc(C(F)(F)F)cc(CO)c1F. The molecule has 0 amide bonds. The van der Waals surface area contributed by atoms with Crippen molar-refractivity contribution in [3.05, 3.63) is 34.6 Å². The highest BCUT2D eigenvalue weighted by Crippen LogP contribution is 2.31. The second-order valence-corrected chi connectivity index (χ2v) is 2.92. The van der Waals surface area contributed by atoms with Gasteiger partial charge in [-0.1, -0.05) is 0 Å². The van der Waals surface area contributed by atoms with Crippen LogP contribution in [0.15, 0.2) is 12.1 Å². The highest BCUT2D eigenvalue weighted by molar-refractivity contribution is 5.32. The van der Waals surface area contributed by atoms with Gasteiger partial charge in [0.05, 0.1) is 12.2 Å². The Morgan fingerprint density at radius 1 is 1.29 bits per heavy atom. The summed E-state index contributed by atoms with van der Waals surface area (Å²) in [6, 6.07) is 1.33. The maximum Gasteiger partial charge on any atom is 0.416 e. The van der Waals surface area contributed by atoms with Gasteiger partial charge in [0.15, 0.2) is 0 Å². The molecule has 0 spiro atoms. The molecule has 0 bridgehead atoms. The summed E-state index contributed by atoms with van der Waals surface area (Å²) < 4.78 is 49.7. The quantitative estimate of drug-likeness (QED) is 0.703. The van der Waals surface area contributed by atoms with Gasteiger partial charge < -0.3 is 5.11 Å². The third-order valence-electron chi connectivity index (χ3n) is 1.83. The molecule has 0 aliphatic heterocycles. The molecule has 0 unspecified atom stereocenters. The van der Waals surface area contributed by atoms with Gasteiger partial charge in [-0.2, -0.15) is 13.2 Å². The van der Waals surface area contributed by atoms with E-state index in [1.165, 1.54) is 6.92 Å². The smallest absolute Gasteiger partial charge is 0.392 e. The third-order valence-corrected chi connectivity index (χ3v) is 1.83. The highest BCUT2D eigenvalue weighted by atomic mass is 19.4. The Hall–Kier alpha value is -1.10.